The van der Waals surface area contributed by atoms with E-state index >= 15 is 0 Å². The van der Waals surface area contributed by atoms with Gasteiger partial charge in [-0.15, -0.1) is 6.58 Å². The second kappa shape index (κ2) is 15.8. The van der Waals surface area contributed by atoms with Crippen LogP contribution in [0, 0.1) is 0 Å². The van der Waals surface area contributed by atoms with Crippen LogP contribution in [0.4, 0.5) is 9.59 Å². The smallest absolute Gasteiger partial charge is 0.426 e. The predicted octanol–water partition coefficient (Wildman–Crippen LogP) is 3.30. The number of carbonyl (C=O) groups excluding carboxylic acids is 5. The lowest BCUT2D eigenvalue weighted by atomic mass is 9.98. The van der Waals surface area contributed by atoms with Crippen LogP contribution in [0.15, 0.2) is 91.5 Å². The molecule has 0 spiro atoms. The minimum Gasteiger partial charge on any atom is -0.508 e. The van der Waals surface area contributed by atoms with Crippen molar-refractivity contribution in [3.05, 3.63) is 114 Å². The Morgan fingerprint density at radius 3 is 2.33 bits per heavy atom. The van der Waals surface area contributed by atoms with Crippen LogP contribution in [-0.4, -0.2) is 92.2 Å². The van der Waals surface area contributed by atoms with E-state index in [0.29, 0.717) is 11.1 Å². The summed E-state index contributed by atoms with van der Waals surface area (Å²) in [6.45, 7) is 9.27. The van der Waals surface area contributed by atoms with Crippen LogP contribution in [0.2, 0.25) is 0 Å². The maximum Gasteiger partial charge on any atom is 0.426 e. The van der Waals surface area contributed by atoms with Crippen molar-refractivity contribution in [1.29, 1.82) is 0 Å². The summed E-state index contributed by atoms with van der Waals surface area (Å²) >= 11 is 0. The lowest BCUT2D eigenvalue weighted by Crippen LogP contribution is -2.76. The Balaban J connectivity index is 1.42. The number of urea groups is 1. The lowest BCUT2D eigenvalue weighted by Gasteiger charge is -2.55. The molecule has 5 rings (SSSR count). The quantitative estimate of drug-likeness (QED) is 0.196. The summed E-state index contributed by atoms with van der Waals surface area (Å²) in [4.78, 5) is 70.1. The topological polar surface area (TPSA) is 164 Å². The van der Waals surface area contributed by atoms with Gasteiger partial charge in [-0.05, 0) is 61.7 Å². The number of hydrogen-bond acceptors (Lipinski definition) is 8. The normalized spacial score (nSPS) is 17.7. The molecule has 268 valence electrons. The molecule has 6 amide bonds. The Labute approximate surface area is 296 Å². The molecule has 2 saturated heterocycles. The molecular formula is C37H43N7O7. The van der Waals surface area contributed by atoms with Crippen LogP contribution < -0.4 is 16.2 Å². The van der Waals surface area contributed by atoms with Crippen molar-refractivity contribution < 1.29 is 33.8 Å². The number of hydrazine groups is 2. The number of rotatable bonds is 9. The molecule has 2 atom stereocenters. The third kappa shape index (κ3) is 9.22. The Morgan fingerprint density at radius 1 is 0.941 bits per heavy atom. The number of nitrogens with one attached hydrogen (secondary N) is 3. The molecule has 14 heteroatoms. The molecular weight excluding hydrogens is 654 g/mol. The Kier molecular flexibility index (Phi) is 11.2. The minimum atomic E-state index is -0.972. The fourth-order valence-electron chi connectivity index (χ4n) is 6.07. The summed E-state index contributed by atoms with van der Waals surface area (Å²) in [7, 11) is 0. The lowest BCUT2D eigenvalue weighted by molar-refractivity contribution is -0.189. The van der Waals surface area contributed by atoms with E-state index in [1.54, 1.807) is 73.2 Å². The molecule has 0 bridgehead atoms. The van der Waals surface area contributed by atoms with Gasteiger partial charge >= 0.3 is 12.1 Å². The summed E-state index contributed by atoms with van der Waals surface area (Å²) in [5, 5.41) is 15.9. The molecule has 14 nitrogen and oxygen atoms in total. The number of amides is 6. The number of phenols is 1. The van der Waals surface area contributed by atoms with Crippen molar-refractivity contribution in [1.82, 2.24) is 36.0 Å². The maximum absolute atomic E-state index is 14.3. The van der Waals surface area contributed by atoms with E-state index in [1.165, 1.54) is 22.0 Å². The van der Waals surface area contributed by atoms with Crippen LogP contribution in [0.3, 0.4) is 0 Å². The third-order valence-electron chi connectivity index (χ3n) is 8.27. The average molecular weight is 698 g/mol. The van der Waals surface area contributed by atoms with Gasteiger partial charge in [0.2, 0.25) is 11.8 Å². The Morgan fingerprint density at radius 2 is 1.65 bits per heavy atom. The second-order valence-corrected chi connectivity index (χ2v) is 13.3. The van der Waals surface area contributed by atoms with Crippen LogP contribution >= 0.6 is 0 Å². The van der Waals surface area contributed by atoms with Crippen molar-refractivity contribution >= 4 is 29.8 Å². The van der Waals surface area contributed by atoms with Crippen molar-refractivity contribution in [2.24, 2.45) is 0 Å². The SMILES string of the molecule is C=CCN1CC(=O)N2[C@@H](Cc3ccc(O)cc3)C(=O)N(Cc3cccc(C(=O)NNC(=O)OC(C)(C)C)c3)C[C@@H]2N1C(=O)NCc1ccccc1. The number of carbonyl (C=O) groups is 5. The molecule has 2 heterocycles. The first kappa shape index (κ1) is 36.4. The monoisotopic (exact) mass is 697 g/mol. The van der Waals surface area contributed by atoms with Gasteiger partial charge < -0.3 is 25.0 Å². The molecule has 3 aromatic carbocycles. The van der Waals surface area contributed by atoms with Gasteiger partial charge in [0.1, 0.15) is 23.6 Å². The van der Waals surface area contributed by atoms with Gasteiger partial charge in [-0.2, -0.15) is 0 Å². The summed E-state index contributed by atoms with van der Waals surface area (Å²) in [6.07, 6.45) is 0.0534. The molecule has 4 N–H and O–H groups in total. The number of fused-ring (bicyclic) bond motifs is 1. The first-order chi connectivity index (χ1) is 24.3. The molecule has 0 aromatic heterocycles. The number of piperazine rings is 1. The zero-order chi connectivity index (χ0) is 36.7. The molecule has 3 aromatic rings. The van der Waals surface area contributed by atoms with E-state index in [1.807, 2.05) is 30.3 Å². The van der Waals surface area contributed by atoms with Crippen LogP contribution in [0.5, 0.6) is 5.75 Å². The summed E-state index contributed by atoms with van der Waals surface area (Å²) in [6, 6.07) is 21.0. The highest BCUT2D eigenvalue weighted by atomic mass is 16.6. The highest BCUT2D eigenvalue weighted by molar-refractivity contribution is 5.95. The molecule has 2 aliphatic rings. The molecule has 2 fully saturated rings. The largest absolute Gasteiger partial charge is 0.508 e. The third-order valence-corrected chi connectivity index (χ3v) is 8.27. The molecule has 0 saturated carbocycles. The highest BCUT2D eigenvalue weighted by Gasteiger charge is 2.51. The van der Waals surface area contributed by atoms with Crippen LogP contribution in [0.1, 0.15) is 47.8 Å². The van der Waals surface area contributed by atoms with E-state index in [4.69, 9.17) is 4.74 Å². The zero-order valence-electron chi connectivity index (χ0n) is 28.9. The van der Waals surface area contributed by atoms with Crippen molar-refractivity contribution in [2.75, 3.05) is 19.6 Å². The van der Waals surface area contributed by atoms with Gasteiger partial charge in [-0.25, -0.2) is 25.0 Å². The van der Waals surface area contributed by atoms with Gasteiger partial charge in [0.25, 0.3) is 5.91 Å². The zero-order valence-corrected chi connectivity index (χ0v) is 28.9. The maximum atomic E-state index is 14.3. The first-order valence-corrected chi connectivity index (χ1v) is 16.6. The van der Waals surface area contributed by atoms with E-state index in [0.717, 1.165) is 5.56 Å². The van der Waals surface area contributed by atoms with Gasteiger partial charge in [-0.1, -0.05) is 60.7 Å². The average Bonchev–Trinajstić information content (AvgIpc) is 3.09. The highest BCUT2D eigenvalue weighted by Crippen LogP contribution is 2.30. The first-order valence-electron chi connectivity index (χ1n) is 16.6. The molecule has 0 unspecified atom stereocenters. The van der Waals surface area contributed by atoms with E-state index in [9.17, 15) is 29.1 Å². The number of benzene rings is 3. The minimum absolute atomic E-state index is 0.0142. The molecule has 0 aliphatic carbocycles. The fourth-order valence-corrected chi connectivity index (χ4v) is 6.07. The number of phenolic OH excluding ortho intramolecular Hbond substituents is 1. The second-order valence-electron chi connectivity index (χ2n) is 13.3. The Hall–Kier alpha value is -5.89. The molecule has 2 aliphatic heterocycles. The van der Waals surface area contributed by atoms with Crippen molar-refractivity contribution in [3.63, 3.8) is 0 Å². The van der Waals surface area contributed by atoms with E-state index in [2.05, 4.69) is 22.7 Å². The van der Waals surface area contributed by atoms with Crippen molar-refractivity contribution in [2.45, 2.75) is 58.1 Å². The van der Waals surface area contributed by atoms with E-state index < -0.39 is 35.8 Å². The fraction of sp³-hybridized carbons (Fsp3) is 0.324. The summed E-state index contributed by atoms with van der Waals surface area (Å²) in [5.74, 6) is -1.19. The van der Waals surface area contributed by atoms with E-state index in [-0.39, 0.29) is 62.3 Å². The summed E-state index contributed by atoms with van der Waals surface area (Å²) < 4.78 is 5.16. The summed E-state index contributed by atoms with van der Waals surface area (Å²) in [5.41, 5.74) is 6.24. The number of ether oxygens (including phenoxy) is 1. The van der Waals surface area contributed by atoms with Crippen LogP contribution in [0.25, 0.3) is 0 Å². The van der Waals surface area contributed by atoms with Gasteiger partial charge in [-0.3, -0.25) is 19.8 Å². The van der Waals surface area contributed by atoms with Crippen molar-refractivity contribution in [3.8, 4) is 5.75 Å². The predicted molar refractivity (Wildman–Crippen MR) is 187 cm³/mol. The number of nitrogens with zero attached hydrogens (tertiary/aromatic N) is 4. The number of hydrogen-bond donors (Lipinski definition) is 4. The standard InChI is InChI=1S/C37H43N7O7/c1-5-18-42-24-32(46)43-30(20-25-14-16-29(45)17-15-25)34(48)41(23-31(43)44(42)35(49)38-21-26-10-7-6-8-11-26)22-27-12-9-13-28(19-27)33(47)39-40-36(50)51-37(2,3)4/h5-17,19,30-31,45H,1,18,20-24H2,2-4H3,(H,38,49)(H,39,47)(H,40,50)/t30-,31-/m0/s1. The van der Waals surface area contributed by atoms with Gasteiger partial charge in [0, 0.05) is 31.6 Å². The van der Waals surface area contributed by atoms with Gasteiger partial charge in [0.05, 0.1) is 13.1 Å². The molecule has 0 radical (unpaired) electrons. The van der Waals surface area contributed by atoms with Gasteiger partial charge in [0.15, 0.2) is 0 Å². The Bertz CT molecular complexity index is 1760. The molecule has 51 heavy (non-hydrogen) atoms. The number of aromatic hydroxyl groups is 1. The van der Waals surface area contributed by atoms with Crippen LogP contribution in [-0.2, 0) is 33.8 Å².